The molecule has 1 aliphatic heterocycles. The Balaban J connectivity index is 1.78. The maximum absolute atomic E-state index is 14.0. The van der Waals surface area contributed by atoms with E-state index in [1.54, 1.807) is 4.90 Å². The minimum Gasteiger partial charge on any atom is -0.405 e. The fraction of sp³-hybridized carbons (Fsp3) is 0.429. The molecule has 1 atom stereocenters. The second kappa shape index (κ2) is 6.02. The predicted octanol–water partition coefficient (Wildman–Crippen LogP) is 1.94. The summed E-state index contributed by atoms with van der Waals surface area (Å²) in [6.45, 7) is 0.334. The van der Waals surface area contributed by atoms with Crippen molar-refractivity contribution < 1.29 is 27.4 Å². The number of alkyl halides is 3. The van der Waals surface area contributed by atoms with Crippen molar-refractivity contribution in [3.05, 3.63) is 41.5 Å². The van der Waals surface area contributed by atoms with Crippen molar-refractivity contribution in [1.29, 1.82) is 0 Å². The molecule has 1 unspecified atom stereocenters. The Labute approximate surface area is 134 Å². The van der Waals surface area contributed by atoms with Gasteiger partial charge in [-0.1, -0.05) is 6.07 Å². The third kappa shape index (κ3) is 3.49. The van der Waals surface area contributed by atoms with E-state index in [0.29, 0.717) is 18.7 Å². The summed E-state index contributed by atoms with van der Waals surface area (Å²) in [7, 11) is 0. The van der Waals surface area contributed by atoms with Crippen LogP contribution in [0.1, 0.15) is 17.7 Å². The number of aromatic nitrogens is 3. The fourth-order valence-corrected chi connectivity index (χ4v) is 2.78. The van der Waals surface area contributed by atoms with Gasteiger partial charge in [0, 0.05) is 25.2 Å². The van der Waals surface area contributed by atoms with Crippen LogP contribution in [-0.2, 0) is 12.1 Å². The van der Waals surface area contributed by atoms with E-state index in [1.165, 1.54) is 6.20 Å². The molecule has 1 aromatic carbocycles. The van der Waals surface area contributed by atoms with Crippen LogP contribution in [0.5, 0.6) is 5.75 Å². The van der Waals surface area contributed by atoms with Gasteiger partial charge in [-0.2, -0.15) is 15.4 Å². The number of β-amino-alcohol motifs (C(OH)–C–C–N with tert-alkyl or cyclic N) is 1. The topological polar surface area (TPSA) is 74.3 Å². The number of ether oxygens (including phenoxy) is 1. The van der Waals surface area contributed by atoms with Crippen molar-refractivity contribution in [2.45, 2.75) is 24.9 Å². The van der Waals surface area contributed by atoms with E-state index in [-0.39, 0.29) is 18.7 Å². The average molecular weight is 346 g/mol. The van der Waals surface area contributed by atoms with Crippen molar-refractivity contribution in [3.63, 3.8) is 0 Å². The molecule has 10 heteroatoms. The molecule has 2 heterocycles. The van der Waals surface area contributed by atoms with Crippen molar-refractivity contribution in [2.24, 2.45) is 0 Å². The zero-order valence-corrected chi connectivity index (χ0v) is 12.3. The lowest BCUT2D eigenvalue weighted by atomic mass is 10.00. The standard InChI is InChI=1S/C14H14F4N4O2/c15-10-2-1-3-11(24-14(16,17)18)9(10)7-22-5-4-13(23,8-22)12-6-19-21-20-12/h1-3,6,23H,4-5,7-8H2,(H,19,20,21). The Hall–Kier alpha value is -2.20. The Bertz CT molecular complexity index is 707. The van der Waals surface area contributed by atoms with Crippen molar-refractivity contribution in [3.8, 4) is 5.75 Å². The predicted molar refractivity (Wildman–Crippen MR) is 73.3 cm³/mol. The number of hydrogen-bond acceptors (Lipinski definition) is 5. The SMILES string of the molecule is OC1(c2cn[nH]n2)CCN(Cc2c(F)cccc2OC(F)(F)F)C1. The van der Waals surface area contributed by atoms with Crippen molar-refractivity contribution in [1.82, 2.24) is 20.3 Å². The van der Waals surface area contributed by atoms with Gasteiger partial charge < -0.3 is 9.84 Å². The van der Waals surface area contributed by atoms with Crippen LogP contribution in [0.2, 0.25) is 0 Å². The minimum atomic E-state index is -4.91. The Morgan fingerprint density at radius 1 is 1.38 bits per heavy atom. The normalized spacial score (nSPS) is 22.0. The highest BCUT2D eigenvalue weighted by atomic mass is 19.4. The molecule has 1 aromatic heterocycles. The van der Waals surface area contributed by atoms with Crippen molar-refractivity contribution in [2.75, 3.05) is 13.1 Å². The van der Waals surface area contributed by atoms with Gasteiger partial charge in [0.1, 0.15) is 22.9 Å². The van der Waals surface area contributed by atoms with Crippen LogP contribution in [0.15, 0.2) is 24.4 Å². The third-order valence-corrected chi connectivity index (χ3v) is 3.90. The quantitative estimate of drug-likeness (QED) is 0.828. The second-order valence-electron chi connectivity index (χ2n) is 5.61. The van der Waals surface area contributed by atoms with Crippen LogP contribution >= 0.6 is 0 Å². The second-order valence-corrected chi connectivity index (χ2v) is 5.61. The summed E-state index contributed by atoms with van der Waals surface area (Å²) in [6, 6.07) is 3.28. The summed E-state index contributed by atoms with van der Waals surface area (Å²) in [5.41, 5.74) is -1.15. The fourth-order valence-electron chi connectivity index (χ4n) is 2.78. The minimum absolute atomic E-state index is 0.0966. The number of nitrogens with one attached hydrogen (secondary N) is 1. The van der Waals surface area contributed by atoms with Crippen LogP contribution in [0.4, 0.5) is 17.6 Å². The van der Waals surface area contributed by atoms with Crippen LogP contribution in [0.3, 0.4) is 0 Å². The molecular weight excluding hydrogens is 332 g/mol. The van der Waals surface area contributed by atoms with Gasteiger partial charge in [-0.15, -0.1) is 13.2 Å². The van der Waals surface area contributed by atoms with Gasteiger partial charge in [-0.25, -0.2) is 4.39 Å². The molecule has 1 saturated heterocycles. The first-order chi connectivity index (χ1) is 11.3. The Kier molecular flexibility index (Phi) is 4.18. The molecule has 0 amide bonds. The smallest absolute Gasteiger partial charge is 0.405 e. The molecule has 0 bridgehead atoms. The molecule has 1 aliphatic rings. The van der Waals surface area contributed by atoms with Gasteiger partial charge in [-0.05, 0) is 18.6 Å². The summed E-state index contributed by atoms with van der Waals surface area (Å²) in [5, 5.41) is 20.4. The largest absolute Gasteiger partial charge is 0.573 e. The van der Waals surface area contributed by atoms with Crippen LogP contribution in [0, 0.1) is 5.82 Å². The van der Waals surface area contributed by atoms with E-state index >= 15 is 0 Å². The summed E-state index contributed by atoms with van der Waals surface area (Å²) in [4.78, 5) is 1.64. The highest BCUT2D eigenvalue weighted by Gasteiger charge is 2.40. The molecule has 3 rings (SSSR count). The van der Waals surface area contributed by atoms with Crippen molar-refractivity contribution >= 4 is 0 Å². The highest BCUT2D eigenvalue weighted by molar-refractivity contribution is 5.35. The number of benzene rings is 1. The third-order valence-electron chi connectivity index (χ3n) is 3.90. The van der Waals surface area contributed by atoms with E-state index in [1.807, 2.05) is 0 Å². The van der Waals surface area contributed by atoms with Gasteiger partial charge in [0.2, 0.25) is 0 Å². The van der Waals surface area contributed by atoms with Crippen LogP contribution in [-0.4, -0.2) is 44.9 Å². The maximum Gasteiger partial charge on any atom is 0.573 e. The van der Waals surface area contributed by atoms with E-state index in [2.05, 4.69) is 20.1 Å². The molecule has 130 valence electrons. The molecule has 24 heavy (non-hydrogen) atoms. The number of rotatable bonds is 4. The first-order valence-corrected chi connectivity index (χ1v) is 7.11. The van der Waals surface area contributed by atoms with E-state index < -0.39 is 23.5 Å². The van der Waals surface area contributed by atoms with Gasteiger partial charge in [0.05, 0.1) is 6.20 Å². The number of nitrogens with zero attached hydrogens (tertiary/aromatic N) is 3. The molecule has 0 radical (unpaired) electrons. The zero-order valence-electron chi connectivity index (χ0n) is 12.3. The molecule has 2 aromatic rings. The van der Waals surface area contributed by atoms with E-state index in [4.69, 9.17) is 0 Å². The zero-order chi connectivity index (χ0) is 17.4. The number of hydrogen-bond donors (Lipinski definition) is 2. The molecule has 0 aliphatic carbocycles. The Morgan fingerprint density at radius 2 is 2.17 bits per heavy atom. The Morgan fingerprint density at radius 3 is 2.83 bits per heavy atom. The number of halogens is 4. The lowest BCUT2D eigenvalue weighted by molar-refractivity contribution is -0.275. The molecule has 0 spiro atoms. The summed E-state index contributed by atoms with van der Waals surface area (Å²) in [6.07, 6.45) is -3.22. The monoisotopic (exact) mass is 346 g/mol. The first kappa shape index (κ1) is 16.7. The van der Waals surface area contributed by atoms with Gasteiger partial charge in [-0.3, -0.25) is 4.90 Å². The average Bonchev–Trinajstić information content (AvgIpc) is 3.12. The van der Waals surface area contributed by atoms with Gasteiger partial charge in [0.15, 0.2) is 0 Å². The maximum atomic E-state index is 14.0. The van der Waals surface area contributed by atoms with Gasteiger partial charge >= 0.3 is 6.36 Å². The van der Waals surface area contributed by atoms with Gasteiger partial charge in [0.25, 0.3) is 0 Å². The molecule has 1 fully saturated rings. The summed E-state index contributed by atoms with van der Waals surface area (Å²) >= 11 is 0. The lowest BCUT2D eigenvalue weighted by Gasteiger charge is -2.22. The molecule has 6 nitrogen and oxygen atoms in total. The number of H-pyrrole nitrogens is 1. The first-order valence-electron chi connectivity index (χ1n) is 7.11. The summed E-state index contributed by atoms with van der Waals surface area (Å²) in [5.74, 6) is -1.38. The highest BCUT2D eigenvalue weighted by Crippen LogP contribution is 2.34. The van der Waals surface area contributed by atoms with Crippen LogP contribution < -0.4 is 4.74 Å². The lowest BCUT2D eigenvalue weighted by Crippen LogP contribution is -2.31. The van der Waals surface area contributed by atoms with Crippen LogP contribution in [0.25, 0.3) is 0 Å². The molecule has 0 saturated carbocycles. The molecule has 2 N–H and O–H groups in total. The molecular formula is C14H14F4N4O2. The summed E-state index contributed by atoms with van der Waals surface area (Å²) < 4.78 is 55.2. The number of aliphatic hydroxyl groups is 1. The van der Waals surface area contributed by atoms with E-state index in [9.17, 15) is 22.7 Å². The number of likely N-dealkylation sites (tertiary alicyclic amines) is 1. The number of aromatic amines is 1. The van der Waals surface area contributed by atoms with E-state index in [0.717, 1.165) is 18.2 Å².